The number of amides is 2. The summed E-state index contributed by atoms with van der Waals surface area (Å²) in [5.74, 6) is -0.951. The molecule has 0 aromatic heterocycles. The van der Waals surface area contributed by atoms with Crippen molar-refractivity contribution in [3.8, 4) is 0 Å². The van der Waals surface area contributed by atoms with Gasteiger partial charge in [-0.3, -0.25) is 9.59 Å². The molecule has 0 saturated carbocycles. The molecule has 2 aromatic carbocycles. The standard InChI is InChI=1S/C18H20FN3O2/c1-12-4-5-13(19)10-16(12)18(24)21-15-8-6-14(7-9-15)20-17(23)11-22(2)3/h4-10H,11H2,1-3H3,(H,20,23)(H,21,24). The summed E-state index contributed by atoms with van der Waals surface area (Å²) in [6.07, 6.45) is 0. The van der Waals surface area contributed by atoms with Gasteiger partial charge in [-0.1, -0.05) is 6.07 Å². The van der Waals surface area contributed by atoms with Crippen molar-refractivity contribution in [2.75, 3.05) is 31.3 Å². The van der Waals surface area contributed by atoms with Crippen LogP contribution in [0.15, 0.2) is 42.5 Å². The summed E-state index contributed by atoms with van der Waals surface area (Å²) in [6.45, 7) is 2.04. The van der Waals surface area contributed by atoms with Gasteiger partial charge in [0.1, 0.15) is 5.82 Å². The monoisotopic (exact) mass is 329 g/mol. The zero-order valence-electron chi connectivity index (χ0n) is 13.9. The van der Waals surface area contributed by atoms with E-state index in [1.807, 2.05) is 14.1 Å². The lowest BCUT2D eigenvalue weighted by molar-refractivity contribution is -0.116. The predicted molar refractivity (Wildman–Crippen MR) is 92.7 cm³/mol. The fraction of sp³-hybridized carbons (Fsp3) is 0.222. The number of carbonyl (C=O) groups excluding carboxylic acids is 2. The normalized spacial score (nSPS) is 10.5. The highest BCUT2D eigenvalue weighted by Crippen LogP contribution is 2.16. The lowest BCUT2D eigenvalue weighted by Gasteiger charge is -2.11. The first-order valence-electron chi connectivity index (χ1n) is 7.47. The molecule has 0 fully saturated rings. The van der Waals surface area contributed by atoms with Crippen molar-refractivity contribution >= 4 is 23.2 Å². The molecule has 2 rings (SSSR count). The van der Waals surface area contributed by atoms with E-state index in [1.54, 1.807) is 42.2 Å². The average molecular weight is 329 g/mol. The number of benzene rings is 2. The maximum atomic E-state index is 13.3. The first-order valence-corrected chi connectivity index (χ1v) is 7.47. The number of aryl methyl sites for hydroxylation is 1. The van der Waals surface area contributed by atoms with Gasteiger partial charge in [-0.2, -0.15) is 0 Å². The third-order valence-electron chi connectivity index (χ3n) is 3.33. The number of carbonyl (C=O) groups is 2. The van der Waals surface area contributed by atoms with Crippen LogP contribution in [0.1, 0.15) is 15.9 Å². The van der Waals surface area contributed by atoms with Gasteiger partial charge >= 0.3 is 0 Å². The molecule has 0 radical (unpaired) electrons. The van der Waals surface area contributed by atoms with Crippen molar-refractivity contribution in [1.29, 1.82) is 0 Å². The number of likely N-dealkylation sites (N-methyl/N-ethyl adjacent to an activating group) is 1. The molecule has 0 heterocycles. The van der Waals surface area contributed by atoms with Gasteiger partial charge in [-0.05, 0) is 63.0 Å². The predicted octanol–water partition coefficient (Wildman–Crippen LogP) is 2.89. The highest BCUT2D eigenvalue weighted by molar-refractivity contribution is 6.05. The van der Waals surface area contributed by atoms with Gasteiger partial charge in [0.25, 0.3) is 5.91 Å². The van der Waals surface area contributed by atoms with E-state index in [4.69, 9.17) is 0 Å². The van der Waals surface area contributed by atoms with Crippen molar-refractivity contribution in [2.24, 2.45) is 0 Å². The molecule has 0 unspecified atom stereocenters. The first kappa shape index (κ1) is 17.6. The SMILES string of the molecule is Cc1ccc(F)cc1C(=O)Nc1ccc(NC(=O)CN(C)C)cc1. The van der Waals surface area contributed by atoms with Gasteiger partial charge in [0.2, 0.25) is 5.91 Å². The molecule has 126 valence electrons. The zero-order valence-corrected chi connectivity index (χ0v) is 13.9. The van der Waals surface area contributed by atoms with Crippen LogP contribution in [0, 0.1) is 12.7 Å². The second-order valence-corrected chi connectivity index (χ2v) is 5.78. The Bertz CT molecular complexity index is 742. The first-order chi connectivity index (χ1) is 11.3. The average Bonchev–Trinajstić information content (AvgIpc) is 2.50. The third-order valence-corrected chi connectivity index (χ3v) is 3.33. The molecule has 0 atom stereocenters. The number of anilines is 2. The maximum Gasteiger partial charge on any atom is 0.256 e. The molecule has 0 aliphatic heterocycles. The van der Waals surface area contributed by atoms with Crippen LogP contribution in [0.25, 0.3) is 0 Å². The molecule has 0 spiro atoms. The Morgan fingerprint density at radius 3 is 2.17 bits per heavy atom. The molecular formula is C18H20FN3O2. The summed E-state index contributed by atoms with van der Waals surface area (Å²) in [5, 5.41) is 5.47. The van der Waals surface area contributed by atoms with Gasteiger partial charge < -0.3 is 15.5 Å². The summed E-state index contributed by atoms with van der Waals surface area (Å²) >= 11 is 0. The summed E-state index contributed by atoms with van der Waals surface area (Å²) in [5.41, 5.74) is 2.19. The number of hydrogen-bond donors (Lipinski definition) is 2. The van der Waals surface area contributed by atoms with Crippen molar-refractivity contribution in [3.05, 3.63) is 59.4 Å². The highest BCUT2D eigenvalue weighted by Gasteiger charge is 2.11. The lowest BCUT2D eigenvalue weighted by Crippen LogP contribution is -2.27. The Kier molecular flexibility index (Phi) is 5.65. The molecule has 5 nitrogen and oxygen atoms in total. The fourth-order valence-corrected chi connectivity index (χ4v) is 2.16. The maximum absolute atomic E-state index is 13.3. The number of hydrogen-bond acceptors (Lipinski definition) is 3. The van der Waals surface area contributed by atoms with Gasteiger partial charge in [0.15, 0.2) is 0 Å². The molecule has 2 N–H and O–H groups in total. The Morgan fingerprint density at radius 2 is 1.58 bits per heavy atom. The van der Waals surface area contributed by atoms with Crippen LogP contribution in [-0.2, 0) is 4.79 Å². The highest BCUT2D eigenvalue weighted by atomic mass is 19.1. The minimum Gasteiger partial charge on any atom is -0.325 e. The van der Waals surface area contributed by atoms with E-state index in [0.29, 0.717) is 22.5 Å². The van der Waals surface area contributed by atoms with Crippen molar-refractivity contribution < 1.29 is 14.0 Å². The quantitative estimate of drug-likeness (QED) is 0.887. The smallest absolute Gasteiger partial charge is 0.256 e. The number of halogens is 1. The largest absolute Gasteiger partial charge is 0.325 e. The van der Waals surface area contributed by atoms with Crippen LogP contribution in [0.4, 0.5) is 15.8 Å². The molecule has 0 aliphatic rings. The van der Waals surface area contributed by atoms with E-state index in [-0.39, 0.29) is 18.4 Å². The number of nitrogens with one attached hydrogen (secondary N) is 2. The van der Waals surface area contributed by atoms with E-state index in [2.05, 4.69) is 10.6 Å². The summed E-state index contributed by atoms with van der Waals surface area (Å²) < 4.78 is 13.3. The Balaban J connectivity index is 2.02. The van der Waals surface area contributed by atoms with E-state index < -0.39 is 5.82 Å². The van der Waals surface area contributed by atoms with Crippen molar-refractivity contribution in [3.63, 3.8) is 0 Å². The van der Waals surface area contributed by atoms with Gasteiger partial charge in [0, 0.05) is 16.9 Å². The Labute approximate surface area is 140 Å². The molecule has 24 heavy (non-hydrogen) atoms. The van der Waals surface area contributed by atoms with E-state index in [9.17, 15) is 14.0 Å². The molecule has 2 amide bonds. The van der Waals surface area contributed by atoms with Gasteiger partial charge in [-0.25, -0.2) is 4.39 Å². The van der Waals surface area contributed by atoms with Crippen LogP contribution in [0.3, 0.4) is 0 Å². The molecule has 0 saturated heterocycles. The Hall–Kier alpha value is -2.73. The molecular weight excluding hydrogens is 309 g/mol. The summed E-state index contributed by atoms with van der Waals surface area (Å²) in [6, 6.07) is 10.8. The van der Waals surface area contributed by atoms with Crippen molar-refractivity contribution in [2.45, 2.75) is 6.92 Å². The van der Waals surface area contributed by atoms with E-state index in [1.165, 1.54) is 12.1 Å². The van der Waals surface area contributed by atoms with Gasteiger partial charge in [0.05, 0.1) is 6.54 Å². The van der Waals surface area contributed by atoms with Crippen LogP contribution < -0.4 is 10.6 Å². The molecule has 2 aromatic rings. The fourth-order valence-electron chi connectivity index (χ4n) is 2.16. The molecule has 6 heteroatoms. The lowest BCUT2D eigenvalue weighted by atomic mass is 10.1. The Morgan fingerprint density at radius 1 is 1.00 bits per heavy atom. The second kappa shape index (κ2) is 7.70. The van der Waals surface area contributed by atoms with E-state index >= 15 is 0 Å². The van der Waals surface area contributed by atoms with E-state index in [0.717, 1.165) is 0 Å². The van der Waals surface area contributed by atoms with Crippen LogP contribution in [0.5, 0.6) is 0 Å². The topological polar surface area (TPSA) is 61.4 Å². The second-order valence-electron chi connectivity index (χ2n) is 5.78. The van der Waals surface area contributed by atoms with Crippen LogP contribution in [-0.4, -0.2) is 37.4 Å². The van der Waals surface area contributed by atoms with Gasteiger partial charge in [-0.15, -0.1) is 0 Å². The molecule has 0 aliphatic carbocycles. The third kappa shape index (κ3) is 4.89. The summed E-state index contributed by atoms with van der Waals surface area (Å²) in [4.78, 5) is 25.7. The van der Waals surface area contributed by atoms with Crippen molar-refractivity contribution in [1.82, 2.24) is 4.90 Å². The summed E-state index contributed by atoms with van der Waals surface area (Å²) in [7, 11) is 3.62. The minimum atomic E-state index is -0.454. The minimum absolute atomic E-state index is 0.118. The van der Waals surface area contributed by atoms with Crippen LogP contribution in [0.2, 0.25) is 0 Å². The number of rotatable bonds is 5. The zero-order chi connectivity index (χ0) is 17.7. The molecule has 0 bridgehead atoms. The van der Waals surface area contributed by atoms with Crippen LogP contribution >= 0.6 is 0 Å². The number of nitrogens with zero attached hydrogens (tertiary/aromatic N) is 1.